The molecule has 19 heavy (non-hydrogen) atoms. The van der Waals surface area contributed by atoms with Gasteiger partial charge >= 0.3 is 0 Å². The highest BCUT2D eigenvalue weighted by Crippen LogP contribution is 2.24. The first kappa shape index (κ1) is 13.9. The summed E-state index contributed by atoms with van der Waals surface area (Å²) in [7, 11) is 4.00. The van der Waals surface area contributed by atoms with Gasteiger partial charge in [-0.15, -0.1) is 0 Å². The fraction of sp³-hybridized carbons (Fsp3) is 0.250. The van der Waals surface area contributed by atoms with Crippen molar-refractivity contribution in [2.45, 2.75) is 13.1 Å². The number of hydrogen-bond acceptors (Lipinski definition) is 2. The van der Waals surface area contributed by atoms with Gasteiger partial charge in [-0.25, -0.2) is 0 Å². The fourth-order valence-electron chi connectivity index (χ4n) is 2.06. The number of halogens is 1. The molecule has 0 radical (unpaired) electrons. The van der Waals surface area contributed by atoms with Crippen LogP contribution in [0.25, 0.3) is 0 Å². The first-order valence-corrected chi connectivity index (χ1v) is 6.76. The van der Waals surface area contributed by atoms with Gasteiger partial charge in [-0.2, -0.15) is 0 Å². The fourth-order valence-corrected chi connectivity index (χ4v) is 2.30. The summed E-state index contributed by atoms with van der Waals surface area (Å²) in [5, 5.41) is 3.93. The van der Waals surface area contributed by atoms with Crippen LogP contribution in [0.4, 0.5) is 5.69 Å². The molecule has 0 spiro atoms. The standard InChI is InChI=1S/C16H19ClN2/c1-18-11-14-8-9-15(10-16(14)17)19(2)12-13-6-4-3-5-7-13/h3-10,18H,11-12H2,1-2H3. The minimum atomic E-state index is 0.793. The zero-order valence-corrected chi connectivity index (χ0v) is 12.1. The van der Waals surface area contributed by atoms with Gasteiger partial charge < -0.3 is 10.2 Å². The highest BCUT2D eigenvalue weighted by molar-refractivity contribution is 6.31. The molecule has 0 atom stereocenters. The summed E-state index contributed by atoms with van der Waals surface area (Å²) in [4.78, 5) is 2.20. The van der Waals surface area contributed by atoms with Gasteiger partial charge in [-0.05, 0) is 30.3 Å². The summed E-state index contributed by atoms with van der Waals surface area (Å²) in [6.07, 6.45) is 0. The van der Waals surface area contributed by atoms with Crippen molar-refractivity contribution in [3.05, 3.63) is 64.7 Å². The van der Waals surface area contributed by atoms with Gasteiger partial charge in [0.05, 0.1) is 0 Å². The van der Waals surface area contributed by atoms with Crippen LogP contribution < -0.4 is 10.2 Å². The Labute approximate surface area is 120 Å². The highest BCUT2D eigenvalue weighted by Gasteiger charge is 2.05. The number of rotatable bonds is 5. The summed E-state index contributed by atoms with van der Waals surface area (Å²) in [5.74, 6) is 0. The van der Waals surface area contributed by atoms with E-state index in [4.69, 9.17) is 11.6 Å². The Morgan fingerprint density at radius 1 is 1.11 bits per heavy atom. The molecular formula is C16H19ClN2. The van der Waals surface area contributed by atoms with E-state index in [1.165, 1.54) is 5.56 Å². The maximum Gasteiger partial charge on any atom is 0.0471 e. The van der Waals surface area contributed by atoms with Gasteiger partial charge in [-0.3, -0.25) is 0 Å². The van der Waals surface area contributed by atoms with E-state index in [2.05, 4.69) is 53.7 Å². The summed E-state index contributed by atoms with van der Waals surface area (Å²) >= 11 is 6.29. The van der Waals surface area contributed by atoms with Gasteiger partial charge in [-0.1, -0.05) is 48.0 Å². The van der Waals surface area contributed by atoms with Crippen LogP contribution in [0.5, 0.6) is 0 Å². The topological polar surface area (TPSA) is 15.3 Å². The van der Waals surface area contributed by atoms with E-state index < -0.39 is 0 Å². The lowest BCUT2D eigenvalue weighted by Crippen LogP contribution is -2.16. The lowest BCUT2D eigenvalue weighted by Gasteiger charge is -2.20. The van der Waals surface area contributed by atoms with Gasteiger partial charge in [0.15, 0.2) is 0 Å². The van der Waals surface area contributed by atoms with Gasteiger partial charge in [0, 0.05) is 30.8 Å². The maximum atomic E-state index is 6.29. The molecule has 1 N–H and O–H groups in total. The van der Waals surface area contributed by atoms with Crippen molar-refractivity contribution < 1.29 is 0 Å². The number of nitrogens with one attached hydrogen (secondary N) is 1. The van der Waals surface area contributed by atoms with Gasteiger partial charge in [0.25, 0.3) is 0 Å². The zero-order chi connectivity index (χ0) is 13.7. The average molecular weight is 275 g/mol. The van der Waals surface area contributed by atoms with Crippen molar-refractivity contribution in [2.75, 3.05) is 19.0 Å². The molecule has 0 saturated heterocycles. The van der Waals surface area contributed by atoms with Crippen LogP contribution in [0.3, 0.4) is 0 Å². The summed E-state index contributed by atoms with van der Waals surface area (Å²) in [6.45, 7) is 1.67. The Morgan fingerprint density at radius 3 is 2.47 bits per heavy atom. The Balaban J connectivity index is 2.11. The quantitative estimate of drug-likeness (QED) is 0.894. The van der Waals surface area contributed by atoms with E-state index in [0.717, 1.165) is 29.4 Å². The highest BCUT2D eigenvalue weighted by atomic mass is 35.5. The van der Waals surface area contributed by atoms with Crippen LogP contribution >= 0.6 is 11.6 Å². The molecule has 0 unspecified atom stereocenters. The molecule has 2 aromatic carbocycles. The first-order chi connectivity index (χ1) is 9.20. The van der Waals surface area contributed by atoms with Crippen LogP contribution in [0, 0.1) is 0 Å². The molecule has 2 rings (SSSR count). The lowest BCUT2D eigenvalue weighted by molar-refractivity contribution is 0.817. The zero-order valence-electron chi connectivity index (χ0n) is 11.4. The molecule has 0 bridgehead atoms. The van der Waals surface area contributed by atoms with Crippen LogP contribution in [0.1, 0.15) is 11.1 Å². The molecule has 0 aliphatic heterocycles. The minimum absolute atomic E-state index is 0.793. The van der Waals surface area contributed by atoms with Gasteiger partial charge in [0.2, 0.25) is 0 Å². The number of benzene rings is 2. The molecule has 0 fully saturated rings. The van der Waals surface area contributed by atoms with E-state index in [9.17, 15) is 0 Å². The molecule has 0 saturated carbocycles. The number of anilines is 1. The molecular weight excluding hydrogens is 256 g/mol. The SMILES string of the molecule is CNCc1ccc(N(C)Cc2ccccc2)cc1Cl. The monoisotopic (exact) mass is 274 g/mol. The Kier molecular flexibility index (Phi) is 4.83. The molecule has 3 heteroatoms. The van der Waals surface area contributed by atoms with Crippen molar-refractivity contribution in [1.82, 2.24) is 5.32 Å². The molecule has 0 aromatic heterocycles. The Morgan fingerprint density at radius 2 is 1.84 bits per heavy atom. The van der Waals surface area contributed by atoms with Crippen LogP contribution in [0.2, 0.25) is 5.02 Å². The van der Waals surface area contributed by atoms with E-state index in [0.29, 0.717) is 0 Å². The first-order valence-electron chi connectivity index (χ1n) is 6.39. The third-order valence-corrected chi connectivity index (χ3v) is 3.46. The second-order valence-electron chi connectivity index (χ2n) is 4.65. The molecule has 2 aromatic rings. The lowest BCUT2D eigenvalue weighted by atomic mass is 10.1. The number of hydrogen-bond donors (Lipinski definition) is 1. The average Bonchev–Trinajstić information content (AvgIpc) is 2.42. The molecule has 0 heterocycles. The van der Waals surface area contributed by atoms with Crippen molar-refractivity contribution in [3.8, 4) is 0 Å². The third kappa shape index (κ3) is 3.72. The van der Waals surface area contributed by atoms with E-state index in [1.54, 1.807) is 0 Å². The van der Waals surface area contributed by atoms with Crippen LogP contribution in [0.15, 0.2) is 48.5 Å². The molecule has 0 amide bonds. The van der Waals surface area contributed by atoms with Crippen LogP contribution in [-0.2, 0) is 13.1 Å². The van der Waals surface area contributed by atoms with Gasteiger partial charge in [0.1, 0.15) is 0 Å². The van der Waals surface area contributed by atoms with Crippen molar-refractivity contribution in [3.63, 3.8) is 0 Å². The maximum absolute atomic E-state index is 6.29. The molecule has 100 valence electrons. The predicted octanol–water partition coefficient (Wildman–Crippen LogP) is 3.70. The van der Waals surface area contributed by atoms with E-state index in [-0.39, 0.29) is 0 Å². The van der Waals surface area contributed by atoms with E-state index >= 15 is 0 Å². The normalized spacial score (nSPS) is 10.5. The second kappa shape index (κ2) is 6.60. The van der Waals surface area contributed by atoms with Crippen molar-refractivity contribution in [1.29, 1.82) is 0 Å². The minimum Gasteiger partial charge on any atom is -0.370 e. The van der Waals surface area contributed by atoms with Crippen molar-refractivity contribution >= 4 is 17.3 Å². The molecule has 0 aliphatic carbocycles. The smallest absolute Gasteiger partial charge is 0.0471 e. The van der Waals surface area contributed by atoms with Crippen LogP contribution in [-0.4, -0.2) is 14.1 Å². The Bertz CT molecular complexity index is 526. The molecule has 2 nitrogen and oxygen atoms in total. The molecule has 0 aliphatic rings. The summed E-state index contributed by atoms with van der Waals surface area (Å²) in [5.41, 5.74) is 3.55. The predicted molar refractivity (Wildman–Crippen MR) is 82.8 cm³/mol. The Hall–Kier alpha value is -1.51. The largest absolute Gasteiger partial charge is 0.370 e. The van der Waals surface area contributed by atoms with E-state index in [1.807, 2.05) is 19.2 Å². The third-order valence-electron chi connectivity index (χ3n) is 3.11. The van der Waals surface area contributed by atoms with Crippen molar-refractivity contribution in [2.24, 2.45) is 0 Å². The summed E-state index contributed by atoms with van der Waals surface area (Å²) < 4.78 is 0. The summed E-state index contributed by atoms with van der Waals surface area (Å²) in [6, 6.07) is 16.6. The number of nitrogens with zero attached hydrogens (tertiary/aromatic N) is 1. The second-order valence-corrected chi connectivity index (χ2v) is 5.05.